The standard InChI is InChI=1S/C12H15BrN4/c1-9-5-12(15-7-11(9)13)14-4-3-10-6-16-17(2)8-10/h5-8H,3-4H2,1-2H3,(H,14,15). The molecule has 0 aliphatic carbocycles. The van der Waals surface area contributed by atoms with Crippen LogP contribution in [0.2, 0.25) is 0 Å². The van der Waals surface area contributed by atoms with Crippen molar-refractivity contribution in [3.8, 4) is 0 Å². The number of aromatic nitrogens is 3. The lowest BCUT2D eigenvalue weighted by molar-refractivity contribution is 0.767. The zero-order valence-corrected chi connectivity index (χ0v) is 11.5. The van der Waals surface area contributed by atoms with E-state index < -0.39 is 0 Å². The number of nitrogens with zero attached hydrogens (tertiary/aromatic N) is 3. The lowest BCUT2D eigenvalue weighted by Gasteiger charge is -2.06. The summed E-state index contributed by atoms with van der Waals surface area (Å²) in [5.74, 6) is 0.912. The molecule has 0 unspecified atom stereocenters. The van der Waals surface area contributed by atoms with Crippen molar-refractivity contribution >= 4 is 21.7 Å². The van der Waals surface area contributed by atoms with Crippen LogP contribution in [-0.2, 0) is 13.5 Å². The van der Waals surface area contributed by atoms with Crippen molar-refractivity contribution in [3.05, 3.63) is 40.3 Å². The lowest BCUT2D eigenvalue weighted by atomic mass is 10.2. The summed E-state index contributed by atoms with van der Waals surface area (Å²) in [6.45, 7) is 2.91. The van der Waals surface area contributed by atoms with Crippen LogP contribution in [0.5, 0.6) is 0 Å². The minimum Gasteiger partial charge on any atom is -0.370 e. The molecule has 0 spiro atoms. The van der Waals surface area contributed by atoms with E-state index in [9.17, 15) is 0 Å². The first-order chi connectivity index (χ1) is 8.15. The minimum atomic E-state index is 0.861. The first kappa shape index (κ1) is 12.1. The third-order valence-electron chi connectivity index (χ3n) is 2.53. The third-order valence-corrected chi connectivity index (χ3v) is 3.36. The molecular formula is C12H15BrN4. The molecule has 90 valence electrons. The molecule has 0 aromatic carbocycles. The van der Waals surface area contributed by atoms with Gasteiger partial charge in [-0.1, -0.05) is 0 Å². The molecule has 0 fully saturated rings. The Morgan fingerprint density at radius 1 is 1.41 bits per heavy atom. The fourth-order valence-corrected chi connectivity index (χ4v) is 1.79. The van der Waals surface area contributed by atoms with Crippen LogP contribution in [0.15, 0.2) is 29.1 Å². The summed E-state index contributed by atoms with van der Waals surface area (Å²) in [5, 5.41) is 7.44. The van der Waals surface area contributed by atoms with Gasteiger partial charge in [-0.15, -0.1) is 0 Å². The number of hydrogen-bond acceptors (Lipinski definition) is 3. The maximum atomic E-state index is 4.30. The second kappa shape index (κ2) is 5.31. The number of aryl methyl sites for hydroxylation is 2. The lowest BCUT2D eigenvalue weighted by Crippen LogP contribution is -2.06. The van der Waals surface area contributed by atoms with Gasteiger partial charge in [-0.25, -0.2) is 4.98 Å². The van der Waals surface area contributed by atoms with E-state index in [1.807, 2.05) is 36.4 Å². The highest BCUT2D eigenvalue weighted by Gasteiger charge is 1.99. The summed E-state index contributed by atoms with van der Waals surface area (Å²) < 4.78 is 2.85. The maximum Gasteiger partial charge on any atom is 0.126 e. The summed E-state index contributed by atoms with van der Waals surface area (Å²) in [5.41, 5.74) is 2.41. The smallest absolute Gasteiger partial charge is 0.126 e. The molecule has 0 saturated carbocycles. The molecular weight excluding hydrogens is 280 g/mol. The summed E-state index contributed by atoms with van der Waals surface area (Å²) in [6.07, 6.45) is 6.69. The molecule has 5 heteroatoms. The van der Waals surface area contributed by atoms with Gasteiger partial charge in [0.25, 0.3) is 0 Å². The van der Waals surface area contributed by atoms with Crippen molar-refractivity contribution in [1.29, 1.82) is 0 Å². The number of rotatable bonds is 4. The highest BCUT2D eigenvalue weighted by Crippen LogP contribution is 2.17. The predicted molar refractivity (Wildman–Crippen MR) is 72.1 cm³/mol. The SMILES string of the molecule is Cc1cc(NCCc2cnn(C)c2)ncc1Br. The molecule has 0 atom stereocenters. The van der Waals surface area contributed by atoms with E-state index in [4.69, 9.17) is 0 Å². The van der Waals surface area contributed by atoms with E-state index in [0.29, 0.717) is 0 Å². The van der Waals surface area contributed by atoms with E-state index >= 15 is 0 Å². The molecule has 0 aliphatic heterocycles. The average Bonchev–Trinajstić information content (AvgIpc) is 2.70. The Bertz CT molecular complexity index is 507. The van der Waals surface area contributed by atoms with Gasteiger partial charge >= 0.3 is 0 Å². The molecule has 0 radical (unpaired) electrons. The fraction of sp³-hybridized carbons (Fsp3) is 0.333. The Morgan fingerprint density at radius 3 is 2.88 bits per heavy atom. The summed E-state index contributed by atoms with van der Waals surface area (Å²) in [7, 11) is 1.93. The Kier molecular flexibility index (Phi) is 3.78. The molecule has 4 nitrogen and oxygen atoms in total. The molecule has 0 saturated heterocycles. The van der Waals surface area contributed by atoms with Crippen molar-refractivity contribution in [3.63, 3.8) is 0 Å². The van der Waals surface area contributed by atoms with Gasteiger partial charge in [0.2, 0.25) is 0 Å². The van der Waals surface area contributed by atoms with Crippen LogP contribution < -0.4 is 5.32 Å². The van der Waals surface area contributed by atoms with Crippen molar-refractivity contribution < 1.29 is 0 Å². The van der Waals surface area contributed by atoms with E-state index in [2.05, 4.69) is 38.3 Å². The van der Waals surface area contributed by atoms with Gasteiger partial charge < -0.3 is 5.32 Å². The van der Waals surface area contributed by atoms with E-state index in [1.54, 1.807) is 0 Å². The summed E-state index contributed by atoms with van der Waals surface area (Å²) in [4.78, 5) is 4.30. The van der Waals surface area contributed by atoms with Crippen molar-refractivity contribution in [2.45, 2.75) is 13.3 Å². The number of nitrogens with one attached hydrogen (secondary N) is 1. The molecule has 2 aromatic heterocycles. The first-order valence-corrected chi connectivity index (χ1v) is 6.28. The topological polar surface area (TPSA) is 42.7 Å². The van der Waals surface area contributed by atoms with Gasteiger partial charge in [-0.3, -0.25) is 4.68 Å². The van der Waals surface area contributed by atoms with Gasteiger partial charge in [-0.2, -0.15) is 5.10 Å². The first-order valence-electron chi connectivity index (χ1n) is 5.48. The van der Waals surface area contributed by atoms with Crippen LogP contribution in [0.3, 0.4) is 0 Å². The predicted octanol–water partition coefficient (Wildman–Crippen LogP) is 2.54. The van der Waals surface area contributed by atoms with Crippen molar-refractivity contribution in [1.82, 2.24) is 14.8 Å². The monoisotopic (exact) mass is 294 g/mol. The minimum absolute atomic E-state index is 0.861. The molecule has 1 N–H and O–H groups in total. The number of halogens is 1. The van der Waals surface area contributed by atoms with Gasteiger partial charge in [0.1, 0.15) is 5.82 Å². The summed E-state index contributed by atoms with van der Waals surface area (Å²) >= 11 is 3.44. The zero-order valence-electron chi connectivity index (χ0n) is 9.94. The quantitative estimate of drug-likeness (QED) is 0.942. The van der Waals surface area contributed by atoms with Gasteiger partial charge in [0.15, 0.2) is 0 Å². The van der Waals surface area contributed by atoms with Crippen LogP contribution in [-0.4, -0.2) is 21.3 Å². The van der Waals surface area contributed by atoms with E-state index in [-0.39, 0.29) is 0 Å². The number of anilines is 1. The number of hydrogen-bond donors (Lipinski definition) is 1. The van der Waals surface area contributed by atoms with Gasteiger partial charge in [0.05, 0.1) is 6.20 Å². The molecule has 0 aliphatic rings. The van der Waals surface area contributed by atoms with E-state index in [1.165, 1.54) is 11.1 Å². The Morgan fingerprint density at radius 2 is 2.24 bits per heavy atom. The molecule has 2 aromatic rings. The van der Waals surface area contributed by atoms with Gasteiger partial charge in [-0.05, 0) is 46.5 Å². The van der Waals surface area contributed by atoms with E-state index in [0.717, 1.165) is 23.3 Å². The normalized spacial score (nSPS) is 10.5. The Balaban J connectivity index is 1.87. The molecule has 2 rings (SSSR count). The largest absolute Gasteiger partial charge is 0.370 e. The van der Waals surface area contributed by atoms with Crippen LogP contribution in [0.1, 0.15) is 11.1 Å². The number of pyridine rings is 1. The van der Waals surface area contributed by atoms with Gasteiger partial charge in [0, 0.05) is 30.5 Å². The highest BCUT2D eigenvalue weighted by atomic mass is 79.9. The zero-order chi connectivity index (χ0) is 12.3. The molecule has 0 bridgehead atoms. The Hall–Kier alpha value is -1.36. The van der Waals surface area contributed by atoms with Crippen molar-refractivity contribution in [2.75, 3.05) is 11.9 Å². The van der Waals surface area contributed by atoms with Crippen LogP contribution >= 0.6 is 15.9 Å². The second-order valence-electron chi connectivity index (χ2n) is 4.02. The highest BCUT2D eigenvalue weighted by molar-refractivity contribution is 9.10. The van der Waals surface area contributed by atoms with Crippen LogP contribution in [0.4, 0.5) is 5.82 Å². The third kappa shape index (κ3) is 3.30. The molecule has 0 amide bonds. The van der Waals surface area contributed by atoms with Crippen LogP contribution in [0, 0.1) is 6.92 Å². The molecule has 17 heavy (non-hydrogen) atoms. The Labute approximate surface area is 109 Å². The summed E-state index contributed by atoms with van der Waals surface area (Å²) in [6, 6.07) is 2.04. The van der Waals surface area contributed by atoms with Crippen LogP contribution in [0.25, 0.3) is 0 Å². The van der Waals surface area contributed by atoms with Crippen molar-refractivity contribution in [2.24, 2.45) is 7.05 Å². The molecule has 2 heterocycles. The average molecular weight is 295 g/mol. The second-order valence-corrected chi connectivity index (χ2v) is 4.87. The fourth-order valence-electron chi connectivity index (χ4n) is 1.57. The maximum absolute atomic E-state index is 4.30.